The van der Waals surface area contributed by atoms with E-state index in [-0.39, 0.29) is 5.78 Å². The molecule has 17 heavy (non-hydrogen) atoms. The number of aromatic nitrogens is 2. The average Bonchev–Trinajstić information content (AvgIpc) is 2.77. The van der Waals surface area contributed by atoms with Gasteiger partial charge >= 0.3 is 0 Å². The van der Waals surface area contributed by atoms with Gasteiger partial charge in [-0.1, -0.05) is 12.1 Å². The minimum absolute atomic E-state index is 0.0629. The van der Waals surface area contributed by atoms with E-state index in [4.69, 9.17) is 5.73 Å². The first-order valence-corrected chi connectivity index (χ1v) is 5.59. The van der Waals surface area contributed by atoms with Gasteiger partial charge in [-0.25, -0.2) is 0 Å². The number of carbonyl (C=O) groups excluding carboxylic acids is 1. The summed E-state index contributed by atoms with van der Waals surface area (Å²) in [6.45, 7) is 2.82. The number of nitrogens with zero attached hydrogens (tertiary/aromatic N) is 2. The third-order valence-corrected chi connectivity index (χ3v) is 2.58. The minimum atomic E-state index is 0.0629. The Hall–Kier alpha value is -2.10. The molecule has 0 aliphatic carbocycles. The summed E-state index contributed by atoms with van der Waals surface area (Å²) in [5.74, 6) is 0.0629. The summed E-state index contributed by atoms with van der Waals surface area (Å²) in [6, 6.07) is 7.04. The van der Waals surface area contributed by atoms with Crippen molar-refractivity contribution in [3.05, 3.63) is 47.8 Å². The van der Waals surface area contributed by atoms with Crippen molar-refractivity contribution in [3.8, 4) is 0 Å². The largest absolute Gasteiger partial charge is 0.399 e. The van der Waals surface area contributed by atoms with Crippen molar-refractivity contribution < 1.29 is 4.79 Å². The highest BCUT2D eigenvalue weighted by molar-refractivity contribution is 5.98. The zero-order chi connectivity index (χ0) is 12.3. The molecule has 1 aromatic heterocycles. The monoisotopic (exact) mass is 229 g/mol. The Kier molecular flexibility index (Phi) is 3.23. The maximum Gasteiger partial charge on any atom is 0.167 e. The zero-order valence-corrected chi connectivity index (χ0v) is 9.76. The topological polar surface area (TPSA) is 60.9 Å². The van der Waals surface area contributed by atoms with Gasteiger partial charge in [0.1, 0.15) is 0 Å². The highest BCUT2D eigenvalue weighted by Gasteiger charge is 2.08. The zero-order valence-electron chi connectivity index (χ0n) is 9.76. The van der Waals surface area contributed by atoms with Crippen LogP contribution in [0.5, 0.6) is 0 Å². The summed E-state index contributed by atoms with van der Waals surface area (Å²) < 4.78 is 1.81. The highest BCUT2D eigenvalue weighted by atomic mass is 16.1. The van der Waals surface area contributed by atoms with E-state index in [9.17, 15) is 4.79 Å². The first-order chi connectivity index (χ1) is 8.19. The molecule has 4 nitrogen and oxygen atoms in total. The van der Waals surface area contributed by atoms with Gasteiger partial charge in [-0.2, -0.15) is 5.10 Å². The lowest BCUT2D eigenvalue weighted by Gasteiger charge is -2.00. The van der Waals surface area contributed by atoms with Crippen molar-refractivity contribution in [2.24, 2.45) is 0 Å². The molecule has 0 unspecified atom stereocenters. The Labute approximate surface area is 100 Å². The molecule has 4 heteroatoms. The number of rotatable bonds is 4. The van der Waals surface area contributed by atoms with E-state index >= 15 is 0 Å². The van der Waals surface area contributed by atoms with Crippen LogP contribution in [0.25, 0.3) is 0 Å². The van der Waals surface area contributed by atoms with Crippen LogP contribution in [0.15, 0.2) is 36.7 Å². The molecular weight excluding hydrogens is 214 g/mol. The van der Waals surface area contributed by atoms with Gasteiger partial charge in [0.25, 0.3) is 0 Å². The van der Waals surface area contributed by atoms with Crippen LogP contribution in [0.1, 0.15) is 22.8 Å². The van der Waals surface area contributed by atoms with E-state index in [0.717, 1.165) is 12.1 Å². The summed E-state index contributed by atoms with van der Waals surface area (Å²) in [4.78, 5) is 12.0. The van der Waals surface area contributed by atoms with E-state index < -0.39 is 0 Å². The molecule has 1 aromatic carbocycles. The summed E-state index contributed by atoms with van der Waals surface area (Å²) in [5.41, 5.74) is 7.84. The molecule has 0 saturated carbocycles. The van der Waals surface area contributed by atoms with E-state index in [0.29, 0.717) is 17.7 Å². The van der Waals surface area contributed by atoms with Gasteiger partial charge in [0, 0.05) is 30.4 Å². The van der Waals surface area contributed by atoms with Crippen LogP contribution < -0.4 is 5.73 Å². The van der Waals surface area contributed by atoms with Gasteiger partial charge in [0.05, 0.1) is 6.20 Å². The number of ketones is 1. The molecule has 1 heterocycles. The van der Waals surface area contributed by atoms with E-state index in [1.165, 1.54) is 0 Å². The lowest BCUT2D eigenvalue weighted by Crippen LogP contribution is -2.03. The maximum atomic E-state index is 12.0. The first kappa shape index (κ1) is 11.4. The van der Waals surface area contributed by atoms with Crippen molar-refractivity contribution in [1.82, 2.24) is 9.78 Å². The molecular formula is C13H15N3O. The number of anilines is 1. The van der Waals surface area contributed by atoms with Crippen LogP contribution in [0, 0.1) is 0 Å². The fraction of sp³-hybridized carbons (Fsp3) is 0.231. The molecule has 0 aliphatic rings. The molecule has 2 aromatic rings. The molecule has 0 aliphatic heterocycles. The lowest BCUT2D eigenvalue weighted by molar-refractivity contribution is 0.0993. The van der Waals surface area contributed by atoms with Crippen molar-refractivity contribution in [2.45, 2.75) is 19.9 Å². The van der Waals surface area contributed by atoms with E-state index in [2.05, 4.69) is 5.10 Å². The van der Waals surface area contributed by atoms with Gasteiger partial charge < -0.3 is 5.73 Å². The van der Waals surface area contributed by atoms with Gasteiger partial charge in [-0.3, -0.25) is 9.48 Å². The van der Waals surface area contributed by atoms with Crippen LogP contribution in [-0.4, -0.2) is 15.6 Å². The van der Waals surface area contributed by atoms with Crippen molar-refractivity contribution in [2.75, 3.05) is 5.73 Å². The van der Waals surface area contributed by atoms with Gasteiger partial charge in [-0.15, -0.1) is 0 Å². The minimum Gasteiger partial charge on any atom is -0.399 e. The number of nitrogens with two attached hydrogens (primary N) is 1. The fourth-order valence-corrected chi connectivity index (χ4v) is 1.67. The van der Waals surface area contributed by atoms with Gasteiger partial charge in [-0.05, 0) is 24.6 Å². The number of Topliss-reactive ketones (excluding diaryl/α,β-unsaturated/α-hetero) is 1. The lowest BCUT2D eigenvalue weighted by atomic mass is 10.1. The quantitative estimate of drug-likeness (QED) is 0.643. The Bertz CT molecular complexity index is 531. The summed E-state index contributed by atoms with van der Waals surface area (Å²) in [7, 11) is 0. The van der Waals surface area contributed by atoms with E-state index in [1.54, 1.807) is 30.5 Å². The Balaban J connectivity index is 2.11. The molecule has 0 saturated heterocycles. The normalized spacial score (nSPS) is 10.4. The van der Waals surface area contributed by atoms with Crippen molar-refractivity contribution in [3.63, 3.8) is 0 Å². The van der Waals surface area contributed by atoms with E-state index in [1.807, 2.05) is 17.8 Å². The third-order valence-electron chi connectivity index (χ3n) is 2.58. The number of hydrogen-bond donors (Lipinski definition) is 1. The smallest absolute Gasteiger partial charge is 0.167 e. The number of aryl methyl sites for hydroxylation is 1. The van der Waals surface area contributed by atoms with Crippen LogP contribution in [0.4, 0.5) is 5.69 Å². The van der Waals surface area contributed by atoms with Crippen LogP contribution in [0.2, 0.25) is 0 Å². The predicted octanol–water partition coefficient (Wildman–Crippen LogP) is 1.91. The number of hydrogen-bond acceptors (Lipinski definition) is 3. The third kappa shape index (κ3) is 2.72. The second-order valence-electron chi connectivity index (χ2n) is 3.93. The van der Waals surface area contributed by atoms with Crippen LogP contribution in [0.3, 0.4) is 0 Å². The molecule has 0 amide bonds. The SMILES string of the molecule is CCn1cc(CC(=O)c2cccc(N)c2)cn1. The Morgan fingerprint density at radius 3 is 2.94 bits per heavy atom. The molecule has 2 rings (SSSR count). The average molecular weight is 229 g/mol. The fourth-order valence-electron chi connectivity index (χ4n) is 1.67. The van der Waals surface area contributed by atoms with Crippen molar-refractivity contribution in [1.29, 1.82) is 0 Å². The molecule has 2 N–H and O–H groups in total. The van der Waals surface area contributed by atoms with Gasteiger partial charge in [0.15, 0.2) is 5.78 Å². The second-order valence-corrected chi connectivity index (χ2v) is 3.93. The highest BCUT2D eigenvalue weighted by Crippen LogP contribution is 2.10. The number of nitrogen functional groups attached to an aromatic ring is 1. The summed E-state index contributed by atoms with van der Waals surface area (Å²) in [6.07, 6.45) is 3.99. The molecule has 0 spiro atoms. The molecule has 0 bridgehead atoms. The van der Waals surface area contributed by atoms with Gasteiger partial charge in [0.2, 0.25) is 0 Å². The molecule has 0 radical (unpaired) electrons. The molecule has 0 atom stereocenters. The maximum absolute atomic E-state index is 12.0. The van der Waals surface area contributed by atoms with Crippen LogP contribution in [-0.2, 0) is 13.0 Å². The number of benzene rings is 1. The number of carbonyl (C=O) groups is 1. The Morgan fingerprint density at radius 2 is 2.29 bits per heavy atom. The summed E-state index contributed by atoms with van der Waals surface area (Å²) in [5, 5.41) is 4.14. The Morgan fingerprint density at radius 1 is 1.47 bits per heavy atom. The second kappa shape index (κ2) is 4.82. The summed E-state index contributed by atoms with van der Waals surface area (Å²) >= 11 is 0. The first-order valence-electron chi connectivity index (χ1n) is 5.59. The van der Waals surface area contributed by atoms with Crippen molar-refractivity contribution >= 4 is 11.5 Å². The molecule has 88 valence electrons. The molecule has 0 fully saturated rings. The predicted molar refractivity (Wildman–Crippen MR) is 66.8 cm³/mol. The van der Waals surface area contributed by atoms with Crippen LogP contribution >= 0.6 is 0 Å². The standard InChI is InChI=1S/C13H15N3O/c1-2-16-9-10(8-15-16)6-13(17)11-4-3-5-12(14)7-11/h3-5,7-9H,2,6,14H2,1H3.